The molecule has 3 heterocycles. The predicted molar refractivity (Wildman–Crippen MR) is 147 cm³/mol. The van der Waals surface area contributed by atoms with Crippen LogP contribution in [0.3, 0.4) is 0 Å². The van der Waals surface area contributed by atoms with Crippen LogP contribution in [0.5, 0.6) is 5.75 Å². The van der Waals surface area contributed by atoms with Crippen LogP contribution in [0, 0.1) is 0 Å². The van der Waals surface area contributed by atoms with Crippen LogP contribution in [0.25, 0.3) is 44.9 Å². The maximum atomic E-state index is 11.2. The van der Waals surface area contributed by atoms with Gasteiger partial charge in [-0.15, -0.1) is 0 Å². The number of para-hydroxylation sites is 1. The number of phenols is 1. The van der Waals surface area contributed by atoms with E-state index in [9.17, 15) is 5.11 Å². The summed E-state index contributed by atoms with van der Waals surface area (Å²) in [4.78, 5) is 14.4. The number of aromatic hydroxyl groups is 1. The lowest BCUT2D eigenvalue weighted by Gasteiger charge is -2.21. The topological polar surface area (TPSA) is 63.8 Å². The molecule has 0 aliphatic rings. The molecule has 0 fully saturated rings. The molecule has 0 spiro atoms. The number of imidazole rings is 1. The summed E-state index contributed by atoms with van der Waals surface area (Å²) < 4.78 is 2.04. The molecule has 5 nitrogen and oxygen atoms in total. The molecule has 0 aliphatic heterocycles. The fourth-order valence-corrected chi connectivity index (χ4v) is 4.70. The first-order valence-corrected chi connectivity index (χ1v) is 12.4. The molecule has 0 bridgehead atoms. The number of hydrogen-bond donors (Lipinski definition) is 1. The molecule has 0 saturated carbocycles. The molecule has 2 aromatic carbocycles. The first-order valence-electron chi connectivity index (χ1n) is 12.4. The summed E-state index contributed by atoms with van der Waals surface area (Å²) in [5.41, 5.74) is 8.24. The van der Waals surface area contributed by atoms with E-state index in [-0.39, 0.29) is 11.2 Å². The summed E-state index contributed by atoms with van der Waals surface area (Å²) in [5, 5.41) is 11.2. The summed E-state index contributed by atoms with van der Waals surface area (Å²) in [6.45, 7) is 10.7. The molecule has 5 heteroatoms. The fraction of sp³-hybridized carbons (Fsp3) is 0.258. The molecule has 0 amide bonds. The molecule has 5 aromatic rings. The third-order valence-electron chi connectivity index (χ3n) is 6.74. The molecule has 0 aliphatic carbocycles. The van der Waals surface area contributed by atoms with Gasteiger partial charge in [-0.3, -0.25) is 9.97 Å². The highest BCUT2D eigenvalue weighted by atomic mass is 16.3. The second-order valence-corrected chi connectivity index (χ2v) is 10.7. The predicted octanol–water partition coefficient (Wildman–Crippen LogP) is 7.49. The summed E-state index contributed by atoms with van der Waals surface area (Å²) >= 11 is 0. The zero-order chi connectivity index (χ0) is 25.6. The van der Waals surface area contributed by atoms with E-state index < -0.39 is 0 Å². The van der Waals surface area contributed by atoms with E-state index in [1.165, 1.54) is 5.56 Å². The molecular formula is C31H32N4O. The first-order chi connectivity index (χ1) is 17.1. The highest BCUT2D eigenvalue weighted by Crippen LogP contribution is 2.40. The van der Waals surface area contributed by atoms with Crippen LogP contribution in [0.2, 0.25) is 0 Å². The number of phenolic OH excluding ortho intramolecular Hbond substituents is 1. The molecule has 0 saturated heterocycles. The number of hydrogen-bond acceptors (Lipinski definition) is 4. The van der Waals surface area contributed by atoms with E-state index in [1.54, 1.807) is 0 Å². The lowest BCUT2D eigenvalue weighted by Crippen LogP contribution is -2.11. The van der Waals surface area contributed by atoms with Crippen LogP contribution in [0.1, 0.15) is 51.7 Å². The van der Waals surface area contributed by atoms with E-state index in [0.717, 1.165) is 44.7 Å². The Morgan fingerprint density at radius 2 is 1.64 bits per heavy atom. The van der Waals surface area contributed by atoms with Gasteiger partial charge in [-0.1, -0.05) is 52.8 Å². The molecule has 0 atom stereocenters. The number of pyridine rings is 2. The van der Waals surface area contributed by atoms with Crippen molar-refractivity contribution in [3.63, 3.8) is 0 Å². The number of rotatable bonds is 4. The molecule has 182 valence electrons. The van der Waals surface area contributed by atoms with Crippen LogP contribution in [0.4, 0.5) is 0 Å². The Bertz CT molecular complexity index is 1560. The van der Waals surface area contributed by atoms with Crippen molar-refractivity contribution < 1.29 is 5.11 Å². The van der Waals surface area contributed by atoms with Gasteiger partial charge >= 0.3 is 0 Å². The Labute approximate surface area is 212 Å². The number of fused-ring (bicyclic) bond motifs is 1. The Morgan fingerprint density at radius 3 is 2.33 bits per heavy atom. The van der Waals surface area contributed by atoms with E-state index in [0.29, 0.717) is 11.7 Å². The van der Waals surface area contributed by atoms with Gasteiger partial charge in [0.05, 0.1) is 22.5 Å². The second kappa shape index (κ2) is 8.90. The lowest BCUT2D eigenvalue weighted by atomic mass is 9.85. The normalized spacial score (nSPS) is 12.0. The zero-order valence-corrected chi connectivity index (χ0v) is 21.7. The average Bonchev–Trinajstić information content (AvgIpc) is 3.20. The highest BCUT2D eigenvalue weighted by molar-refractivity contribution is 5.93. The highest BCUT2D eigenvalue weighted by Gasteiger charge is 2.23. The molecule has 5 rings (SSSR count). The van der Waals surface area contributed by atoms with E-state index in [4.69, 9.17) is 9.97 Å². The maximum Gasteiger partial charge on any atom is 0.144 e. The Kier molecular flexibility index (Phi) is 5.87. The van der Waals surface area contributed by atoms with Crippen molar-refractivity contribution in [2.45, 2.75) is 46.0 Å². The van der Waals surface area contributed by atoms with Crippen molar-refractivity contribution in [3.8, 4) is 39.7 Å². The quantitative estimate of drug-likeness (QED) is 0.292. The number of nitrogens with zero attached hydrogens (tertiary/aromatic N) is 4. The van der Waals surface area contributed by atoms with E-state index in [1.807, 2.05) is 66.5 Å². The summed E-state index contributed by atoms with van der Waals surface area (Å²) in [7, 11) is 1.99. The van der Waals surface area contributed by atoms with Crippen molar-refractivity contribution in [1.29, 1.82) is 0 Å². The van der Waals surface area contributed by atoms with Gasteiger partial charge in [0.15, 0.2) is 0 Å². The smallest absolute Gasteiger partial charge is 0.144 e. The van der Waals surface area contributed by atoms with E-state index in [2.05, 4.69) is 57.8 Å². The SMILES string of the molecule is CC(C)c1cc(-c2ccccn2)cc(-c2nccc3c2nc(-c2cccc(C(C)(C)C)c2O)n3C)c1. The van der Waals surface area contributed by atoms with Crippen molar-refractivity contribution in [1.82, 2.24) is 19.5 Å². The van der Waals surface area contributed by atoms with Gasteiger partial charge in [0.25, 0.3) is 0 Å². The fourth-order valence-electron chi connectivity index (χ4n) is 4.70. The second-order valence-electron chi connectivity index (χ2n) is 10.7. The largest absolute Gasteiger partial charge is 0.507 e. The van der Waals surface area contributed by atoms with Gasteiger partial charge < -0.3 is 9.67 Å². The lowest BCUT2D eigenvalue weighted by molar-refractivity contribution is 0.448. The maximum absolute atomic E-state index is 11.2. The molecule has 36 heavy (non-hydrogen) atoms. The number of aryl methyl sites for hydroxylation is 1. The summed E-state index contributed by atoms with van der Waals surface area (Å²) in [6.07, 6.45) is 3.65. The minimum absolute atomic E-state index is 0.184. The third kappa shape index (κ3) is 4.15. The van der Waals surface area contributed by atoms with Crippen LogP contribution < -0.4 is 0 Å². The number of benzene rings is 2. The van der Waals surface area contributed by atoms with Gasteiger partial charge in [-0.2, -0.15) is 0 Å². The van der Waals surface area contributed by atoms with E-state index >= 15 is 0 Å². The van der Waals surface area contributed by atoms with Gasteiger partial charge in [-0.25, -0.2) is 4.98 Å². The van der Waals surface area contributed by atoms with Crippen LogP contribution in [0.15, 0.2) is 73.1 Å². The van der Waals surface area contributed by atoms with Gasteiger partial charge in [-0.05, 0) is 64.9 Å². The third-order valence-corrected chi connectivity index (χ3v) is 6.74. The number of aromatic nitrogens is 4. The minimum Gasteiger partial charge on any atom is -0.507 e. The zero-order valence-electron chi connectivity index (χ0n) is 21.7. The van der Waals surface area contributed by atoms with Crippen molar-refractivity contribution in [2.75, 3.05) is 0 Å². The molecule has 1 N–H and O–H groups in total. The Morgan fingerprint density at radius 1 is 0.861 bits per heavy atom. The van der Waals surface area contributed by atoms with Crippen LogP contribution >= 0.6 is 0 Å². The van der Waals surface area contributed by atoms with Crippen molar-refractivity contribution in [2.24, 2.45) is 7.05 Å². The summed E-state index contributed by atoms with van der Waals surface area (Å²) in [5.74, 6) is 1.34. The van der Waals surface area contributed by atoms with Crippen molar-refractivity contribution in [3.05, 3.63) is 84.2 Å². The van der Waals surface area contributed by atoms with Crippen molar-refractivity contribution >= 4 is 11.0 Å². The molecule has 3 aromatic heterocycles. The standard InChI is InChI=1S/C31H32N4O/c1-19(2)20-16-21(25-12-7-8-14-32-25)18-22(17-20)27-28-26(13-15-33-27)35(6)30(34-28)23-10-9-11-24(29(23)36)31(3,4)5/h7-19,36H,1-6H3. The summed E-state index contributed by atoms with van der Waals surface area (Å²) in [6, 6.07) is 20.4. The van der Waals surface area contributed by atoms with Gasteiger partial charge in [0.1, 0.15) is 17.1 Å². The molecular weight excluding hydrogens is 444 g/mol. The molecule has 0 unspecified atom stereocenters. The van der Waals surface area contributed by atoms with Gasteiger partial charge in [0.2, 0.25) is 0 Å². The average molecular weight is 477 g/mol. The van der Waals surface area contributed by atoms with Crippen LogP contribution in [-0.4, -0.2) is 24.6 Å². The Hall–Kier alpha value is -3.99. The van der Waals surface area contributed by atoms with Crippen LogP contribution in [-0.2, 0) is 12.5 Å². The molecule has 0 radical (unpaired) electrons. The first kappa shape index (κ1) is 23.7. The van der Waals surface area contributed by atoms with Gasteiger partial charge in [0, 0.05) is 30.6 Å². The monoisotopic (exact) mass is 476 g/mol. The minimum atomic E-state index is -0.184. The Balaban J connectivity index is 1.73.